The molecule has 9 heteroatoms. The summed E-state index contributed by atoms with van der Waals surface area (Å²) < 4.78 is 11.2. The second-order valence-electron chi connectivity index (χ2n) is 7.14. The summed E-state index contributed by atoms with van der Waals surface area (Å²) in [7, 11) is 0. The molecule has 0 bridgehead atoms. The van der Waals surface area contributed by atoms with Gasteiger partial charge in [0.15, 0.2) is 0 Å². The summed E-state index contributed by atoms with van der Waals surface area (Å²) in [6.45, 7) is 3.57. The van der Waals surface area contributed by atoms with Gasteiger partial charge in [-0.3, -0.25) is 14.8 Å². The van der Waals surface area contributed by atoms with Crippen molar-refractivity contribution in [1.29, 1.82) is 0 Å². The molecule has 0 saturated carbocycles. The number of benzene rings is 2. The Morgan fingerprint density at radius 2 is 1.81 bits per heavy atom. The zero-order chi connectivity index (χ0) is 22.8. The molecule has 0 amide bonds. The zero-order valence-corrected chi connectivity index (χ0v) is 18.1. The van der Waals surface area contributed by atoms with Crippen molar-refractivity contribution in [2.45, 2.75) is 19.8 Å². The molecule has 2 aromatic carbocycles. The smallest absolute Gasteiger partial charge is 0.336 e. The lowest BCUT2D eigenvalue weighted by molar-refractivity contribution is -0.138. The van der Waals surface area contributed by atoms with Gasteiger partial charge >= 0.3 is 11.7 Å². The molecule has 0 fully saturated rings. The first-order chi connectivity index (χ1) is 15.4. The minimum absolute atomic E-state index is 0.177. The molecule has 0 saturated heterocycles. The van der Waals surface area contributed by atoms with E-state index in [1.165, 1.54) is 0 Å². The Balaban J connectivity index is 1.84. The second-order valence-corrected chi connectivity index (χ2v) is 7.58. The average molecular weight is 454 g/mol. The van der Waals surface area contributed by atoms with Crippen LogP contribution in [0.4, 0.5) is 5.82 Å². The second kappa shape index (κ2) is 8.76. The van der Waals surface area contributed by atoms with Gasteiger partial charge in [-0.25, -0.2) is 9.59 Å². The van der Waals surface area contributed by atoms with Gasteiger partial charge in [0.2, 0.25) is 0 Å². The third kappa shape index (κ3) is 4.17. The van der Waals surface area contributed by atoms with E-state index < -0.39 is 23.1 Å². The number of halogens is 1. The van der Waals surface area contributed by atoms with E-state index in [2.05, 4.69) is 15.3 Å². The number of anilines is 1. The SMILES string of the molecule is CCOC(=O)C1=C(C)Nc2[nH]c(=O)[nH]c(=O)c2C1c1cccc(Oc2ccc(Cl)cc2)c1. The van der Waals surface area contributed by atoms with E-state index in [-0.39, 0.29) is 23.6 Å². The lowest BCUT2D eigenvalue weighted by Crippen LogP contribution is -2.35. The van der Waals surface area contributed by atoms with Crippen LogP contribution in [0.25, 0.3) is 0 Å². The predicted octanol–water partition coefficient (Wildman–Crippen LogP) is 3.90. The van der Waals surface area contributed by atoms with Crippen molar-refractivity contribution in [3.8, 4) is 11.5 Å². The van der Waals surface area contributed by atoms with Gasteiger partial charge < -0.3 is 14.8 Å². The van der Waals surface area contributed by atoms with Gasteiger partial charge in [0.25, 0.3) is 5.56 Å². The van der Waals surface area contributed by atoms with E-state index in [4.69, 9.17) is 21.1 Å². The number of allylic oxidation sites excluding steroid dienone is 1. The summed E-state index contributed by atoms with van der Waals surface area (Å²) in [5.41, 5.74) is 0.347. The Labute approximate surface area is 187 Å². The molecule has 0 spiro atoms. The Bertz CT molecular complexity index is 1320. The zero-order valence-electron chi connectivity index (χ0n) is 17.3. The molecule has 8 nitrogen and oxygen atoms in total. The van der Waals surface area contributed by atoms with Crippen molar-refractivity contribution in [2.75, 3.05) is 11.9 Å². The van der Waals surface area contributed by atoms with Gasteiger partial charge in [0.1, 0.15) is 17.3 Å². The van der Waals surface area contributed by atoms with E-state index in [9.17, 15) is 14.4 Å². The molecule has 1 aromatic heterocycles. The summed E-state index contributed by atoms with van der Waals surface area (Å²) in [6, 6.07) is 13.9. The van der Waals surface area contributed by atoms with Crippen molar-refractivity contribution >= 4 is 23.4 Å². The molecule has 4 rings (SSSR count). The lowest BCUT2D eigenvalue weighted by Gasteiger charge is -2.28. The van der Waals surface area contributed by atoms with Crippen LogP contribution in [0.3, 0.4) is 0 Å². The number of ether oxygens (including phenoxy) is 2. The van der Waals surface area contributed by atoms with Crippen LogP contribution in [0.5, 0.6) is 11.5 Å². The summed E-state index contributed by atoms with van der Waals surface area (Å²) in [5.74, 6) is -0.0100. The van der Waals surface area contributed by atoms with Crippen LogP contribution in [0.2, 0.25) is 5.02 Å². The van der Waals surface area contributed by atoms with Crippen molar-refractivity contribution in [3.63, 3.8) is 0 Å². The maximum absolute atomic E-state index is 12.8. The van der Waals surface area contributed by atoms with Crippen LogP contribution in [0, 0.1) is 0 Å². The van der Waals surface area contributed by atoms with Crippen molar-refractivity contribution in [3.05, 3.63) is 96.8 Å². The summed E-state index contributed by atoms with van der Waals surface area (Å²) in [5, 5.41) is 3.54. The lowest BCUT2D eigenvalue weighted by atomic mass is 9.82. The molecule has 164 valence electrons. The van der Waals surface area contributed by atoms with E-state index in [0.717, 1.165) is 0 Å². The molecule has 3 N–H and O–H groups in total. The van der Waals surface area contributed by atoms with Crippen LogP contribution in [-0.2, 0) is 9.53 Å². The molecule has 3 aromatic rings. The standard InChI is InChI=1S/C23H20ClN3O5/c1-3-31-22(29)17-12(2)25-20-19(21(28)27-23(30)26-20)18(17)13-5-4-6-16(11-13)32-15-9-7-14(24)8-10-15/h4-11,18H,3H2,1-2H3,(H3,25,26,27,28,30). The first-order valence-electron chi connectivity index (χ1n) is 9.92. The van der Waals surface area contributed by atoms with E-state index in [0.29, 0.717) is 27.8 Å². The number of hydrogen-bond acceptors (Lipinski definition) is 6. The molecular formula is C23H20ClN3O5. The van der Waals surface area contributed by atoms with Crippen LogP contribution >= 0.6 is 11.6 Å². The molecule has 2 heterocycles. The highest BCUT2D eigenvalue weighted by molar-refractivity contribution is 6.30. The normalized spacial score (nSPS) is 15.0. The third-order valence-electron chi connectivity index (χ3n) is 5.01. The number of esters is 1. The number of carbonyl (C=O) groups is 1. The highest BCUT2D eigenvalue weighted by atomic mass is 35.5. The number of H-pyrrole nitrogens is 2. The number of hydrogen-bond donors (Lipinski definition) is 3. The average Bonchev–Trinajstić information content (AvgIpc) is 2.74. The Hall–Kier alpha value is -3.78. The molecular weight excluding hydrogens is 434 g/mol. The summed E-state index contributed by atoms with van der Waals surface area (Å²) >= 11 is 5.93. The minimum atomic E-state index is -0.778. The number of aromatic amines is 2. The van der Waals surface area contributed by atoms with Gasteiger partial charge in [-0.1, -0.05) is 23.7 Å². The molecule has 1 aliphatic rings. The van der Waals surface area contributed by atoms with Gasteiger partial charge in [0, 0.05) is 10.7 Å². The summed E-state index contributed by atoms with van der Waals surface area (Å²) in [4.78, 5) is 42.3. The molecule has 0 radical (unpaired) electrons. The number of nitrogens with one attached hydrogen (secondary N) is 3. The monoisotopic (exact) mass is 453 g/mol. The highest BCUT2D eigenvalue weighted by Gasteiger charge is 2.36. The Morgan fingerprint density at radius 3 is 2.53 bits per heavy atom. The van der Waals surface area contributed by atoms with E-state index in [1.54, 1.807) is 62.4 Å². The van der Waals surface area contributed by atoms with Crippen LogP contribution < -0.4 is 21.3 Å². The van der Waals surface area contributed by atoms with Gasteiger partial charge in [-0.05, 0) is 55.8 Å². The predicted molar refractivity (Wildman–Crippen MR) is 120 cm³/mol. The quantitative estimate of drug-likeness (QED) is 0.505. The fraction of sp³-hybridized carbons (Fsp3) is 0.174. The van der Waals surface area contributed by atoms with Gasteiger partial charge in [-0.2, -0.15) is 0 Å². The van der Waals surface area contributed by atoms with E-state index >= 15 is 0 Å². The van der Waals surface area contributed by atoms with Crippen molar-refractivity contribution < 1.29 is 14.3 Å². The number of fused-ring (bicyclic) bond motifs is 1. The molecule has 1 atom stereocenters. The largest absolute Gasteiger partial charge is 0.463 e. The number of rotatable bonds is 5. The maximum Gasteiger partial charge on any atom is 0.336 e. The van der Waals surface area contributed by atoms with Crippen LogP contribution in [0.15, 0.2) is 69.4 Å². The fourth-order valence-electron chi connectivity index (χ4n) is 3.70. The van der Waals surface area contributed by atoms with Crippen LogP contribution in [-0.4, -0.2) is 22.5 Å². The maximum atomic E-state index is 12.8. The first kappa shape index (κ1) is 21.5. The minimum Gasteiger partial charge on any atom is -0.463 e. The molecule has 1 unspecified atom stereocenters. The topological polar surface area (TPSA) is 113 Å². The van der Waals surface area contributed by atoms with Crippen molar-refractivity contribution in [2.24, 2.45) is 0 Å². The third-order valence-corrected chi connectivity index (χ3v) is 5.26. The molecule has 0 aliphatic carbocycles. The highest BCUT2D eigenvalue weighted by Crippen LogP contribution is 2.40. The Morgan fingerprint density at radius 1 is 1.06 bits per heavy atom. The molecule has 1 aliphatic heterocycles. The first-order valence-corrected chi connectivity index (χ1v) is 10.3. The number of aromatic nitrogens is 2. The van der Waals surface area contributed by atoms with Crippen LogP contribution in [0.1, 0.15) is 30.9 Å². The van der Waals surface area contributed by atoms with Gasteiger partial charge in [-0.15, -0.1) is 0 Å². The molecule has 32 heavy (non-hydrogen) atoms. The van der Waals surface area contributed by atoms with Gasteiger partial charge in [0.05, 0.1) is 23.7 Å². The Kier molecular flexibility index (Phi) is 5.87. The van der Waals surface area contributed by atoms with E-state index in [1.807, 2.05) is 0 Å². The summed E-state index contributed by atoms with van der Waals surface area (Å²) in [6.07, 6.45) is 0. The van der Waals surface area contributed by atoms with Crippen molar-refractivity contribution in [1.82, 2.24) is 9.97 Å². The fourth-order valence-corrected chi connectivity index (χ4v) is 3.82. The number of carbonyl (C=O) groups excluding carboxylic acids is 1.